The maximum absolute atomic E-state index is 3.55. The quantitative estimate of drug-likeness (QED) is 0.715. The predicted octanol–water partition coefficient (Wildman–Crippen LogP) is 4.97. The highest BCUT2D eigenvalue weighted by molar-refractivity contribution is 14.1. The molecule has 17 heavy (non-hydrogen) atoms. The molecule has 0 heterocycles. The Morgan fingerprint density at radius 1 is 1.18 bits per heavy atom. The van der Waals surface area contributed by atoms with Crippen LogP contribution in [0, 0.1) is 10.5 Å². The van der Waals surface area contributed by atoms with E-state index in [1.807, 2.05) is 6.07 Å². The van der Waals surface area contributed by atoms with Crippen molar-refractivity contribution in [3.05, 3.63) is 61.6 Å². The van der Waals surface area contributed by atoms with Crippen molar-refractivity contribution in [1.29, 1.82) is 0 Å². The summed E-state index contributed by atoms with van der Waals surface area (Å²) in [6.45, 7) is 2.96. The Hall–Kier alpha value is -0.550. The Morgan fingerprint density at radius 2 is 1.94 bits per heavy atom. The lowest BCUT2D eigenvalue weighted by atomic mass is 10.2. The van der Waals surface area contributed by atoms with Crippen LogP contribution >= 0.6 is 38.5 Å². The van der Waals surface area contributed by atoms with E-state index in [2.05, 4.69) is 87.2 Å². The topological polar surface area (TPSA) is 12.0 Å². The van der Waals surface area contributed by atoms with Gasteiger partial charge in [-0.25, -0.2) is 0 Å². The van der Waals surface area contributed by atoms with Crippen molar-refractivity contribution < 1.29 is 0 Å². The standard InChI is InChI=1S/C14H13BrIN/c1-10-6-7-12(8-14(10)16)17-9-11-4-2-3-5-13(11)15/h2-8,17H,9H2,1H3. The van der Waals surface area contributed by atoms with E-state index in [1.165, 1.54) is 14.7 Å². The van der Waals surface area contributed by atoms with Crippen molar-refractivity contribution in [3.8, 4) is 0 Å². The Bertz CT molecular complexity index is 525. The Morgan fingerprint density at radius 3 is 2.65 bits per heavy atom. The molecule has 1 nitrogen and oxygen atoms in total. The highest BCUT2D eigenvalue weighted by Gasteiger charge is 2.00. The van der Waals surface area contributed by atoms with E-state index in [9.17, 15) is 0 Å². The van der Waals surface area contributed by atoms with Gasteiger partial charge in [-0.2, -0.15) is 0 Å². The summed E-state index contributed by atoms with van der Waals surface area (Å²) < 4.78 is 2.44. The molecule has 88 valence electrons. The molecule has 0 radical (unpaired) electrons. The second-order valence-electron chi connectivity index (χ2n) is 3.91. The molecule has 0 aromatic heterocycles. The van der Waals surface area contributed by atoms with Gasteiger partial charge in [0.25, 0.3) is 0 Å². The fraction of sp³-hybridized carbons (Fsp3) is 0.143. The maximum Gasteiger partial charge on any atom is 0.0411 e. The Balaban J connectivity index is 2.08. The zero-order valence-corrected chi connectivity index (χ0v) is 13.2. The fourth-order valence-corrected chi connectivity index (χ4v) is 2.48. The first-order valence-corrected chi connectivity index (χ1v) is 7.27. The second kappa shape index (κ2) is 5.87. The average molecular weight is 402 g/mol. The molecule has 0 aliphatic carbocycles. The van der Waals surface area contributed by atoms with Crippen LogP contribution < -0.4 is 5.32 Å². The molecule has 3 heteroatoms. The van der Waals surface area contributed by atoms with Gasteiger partial charge >= 0.3 is 0 Å². The minimum absolute atomic E-state index is 0.834. The van der Waals surface area contributed by atoms with Crippen molar-refractivity contribution in [2.24, 2.45) is 0 Å². The number of anilines is 1. The highest BCUT2D eigenvalue weighted by Crippen LogP contribution is 2.20. The lowest BCUT2D eigenvalue weighted by Gasteiger charge is -2.09. The number of aryl methyl sites for hydroxylation is 1. The minimum Gasteiger partial charge on any atom is -0.381 e. The monoisotopic (exact) mass is 401 g/mol. The third-order valence-corrected chi connectivity index (χ3v) is 4.55. The number of benzene rings is 2. The van der Waals surface area contributed by atoms with Gasteiger partial charge in [-0.05, 0) is 58.8 Å². The van der Waals surface area contributed by atoms with Crippen LogP contribution in [-0.4, -0.2) is 0 Å². The van der Waals surface area contributed by atoms with Crippen LogP contribution in [0.4, 0.5) is 5.69 Å². The summed E-state index contributed by atoms with van der Waals surface area (Å²) in [5.74, 6) is 0. The zero-order valence-electron chi connectivity index (χ0n) is 9.50. The zero-order chi connectivity index (χ0) is 12.3. The molecule has 2 aromatic rings. The lowest BCUT2D eigenvalue weighted by molar-refractivity contribution is 1.13. The summed E-state index contributed by atoms with van der Waals surface area (Å²) in [4.78, 5) is 0. The SMILES string of the molecule is Cc1ccc(NCc2ccccc2Br)cc1I. The van der Waals surface area contributed by atoms with Gasteiger partial charge in [0.1, 0.15) is 0 Å². The van der Waals surface area contributed by atoms with Gasteiger partial charge in [0, 0.05) is 20.3 Å². The summed E-state index contributed by atoms with van der Waals surface area (Å²) in [7, 11) is 0. The summed E-state index contributed by atoms with van der Waals surface area (Å²) >= 11 is 5.92. The summed E-state index contributed by atoms with van der Waals surface area (Å²) in [5, 5.41) is 3.44. The third kappa shape index (κ3) is 3.45. The van der Waals surface area contributed by atoms with Crippen LogP contribution in [0.25, 0.3) is 0 Å². The van der Waals surface area contributed by atoms with Crippen molar-refractivity contribution >= 4 is 44.2 Å². The minimum atomic E-state index is 0.834. The molecule has 0 atom stereocenters. The molecule has 0 fully saturated rings. The van der Waals surface area contributed by atoms with Crippen LogP contribution in [0.5, 0.6) is 0 Å². The molecule has 0 saturated heterocycles. The number of rotatable bonds is 3. The molecule has 1 N–H and O–H groups in total. The number of hydrogen-bond donors (Lipinski definition) is 1. The van der Waals surface area contributed by atoms with E-state index in [0.29, 0.717) is 0 Å². The fourth-order valence-electron chi connectivity index (χ4n) is 1.54. The molecule has 0 aliphatic heterocycles. The molecular formula is C14H13BrIN. The van der Waals surface area contributed by atoms with Gasteiger partial charge < -0.3 is 5.32 Å². The van der Waals surface area contributed by atoms with Crippen molar-refractivity contribution in [1.82, 2.24) is 0 Å². The van der Waals surface area contributed by atoms with Gasteiger partial charge in [-0.15, -0.1) is 0 Å². The Kier molecular flexibility index (Phi) is 4.45. The molecule has 0 unspecified atom stereocenters. The van der Waals surface area contributed by atoms with Gasteiger partial charge in [-0.3, -0.25) is 0 Å². The number of hydrogen-bond acceptors (Lipinski definition) is 1. The first-order chi connectivity index (χ1) is 8.16. The molecular weight excluding hydrogens is 389 g/mol. The van der Waals surface area contributed by atoms with E-state index in [1.54, 1.807) is 0 Å². The van der Waals surface area contributed by atoms with Crippen molar-refractivity contribution in [2.75, 3.05) is 5.32 Å². The van der Waals surface area contributed by atoms with Gasteiger partial charge in [0.2, 0.25) is 0 Å². The van der Waals surface area contributed by atoms with Crippen LogP contribution in [0.15, 0.2) is 46.9 Å². The molecule has 2 aromatic carbocycles. The molecule has 0 saturated carbocycles. The largest absolute Gasteiger partial charge is 0.381 e. The van der Waals surface area contributed by atoms with E-state index >= 15 is 0 Å². The normalized spacial score (nSPS) is 10.3. The molecule has 0 aliphatic rings. The first-order valence-electron chi connectivity index (χ1n) is 5.40. The van der Waals surface area contributed by atoms with Crippen LogP contribution in [0.2, 0.25) is 0 Å². The molecule has 0 bridgehead atoms. The van der Waals surface area contributed by atoms with E-state index < -0.39 is 0 Å². The Labute approximate surface area is 124 Å². The van der Waals surface area contributed by atoms with E-state index in [4.69, 9.17) is 0 Å². The molecule has 2 rings (SSSR count). The lowest BCUT2D eigenvalue weighted by Crippen LogP contribution is -2.00. The van der Waals surface area contributed by atoms with E-state index in [0.717, 1.165) is 16.7 Å². The number of halogens is 2. The first kappa shape index (κ1) is 12.9. The van der Waals surface area contributed by atoms with E-state index in [-0.39, 0.29) is 0 Å². The molecule has 0 spiro atoms. The van der Waals surface area contributed by atoms with Crippen LogP contribution in [0.3, 0.4) is 0 Å². The van der Waals surface area contributed by atoms with Crippen LogP contribution in [0.1, 0.15) is 11.1 Å². The second-order valence-corrected chi connectivity index (χ2v) is 5.93. The molecule has 0 amide bonds. The summed E-state index contributed by atoms with van der Waals surface area (Å²) in [5.41, 5.74) is 3.75. The third-order valence-electron chi connectivity index (χ3n) is 2.61. The average Bonchev–Trinajstić information content (AvgIpc) is 2.32. The maximum atomic E-state index is 3.55. The number of nitrogens with one attached hydrogen (secondary N) is 1. The van der Waals surface area contributed by atoms with Crippen molar-refractivity contribution in [2.45, 2.75) is 13.5 Å². The summed E-state index contributed by atoms with van der Waals surface area (Å²) in [6, 6.07) is 14.7. The van der Waals surface area contributed by atoms with Crippen molar-refractivity contribution in [3.63, 3.8) is 0 Å². The summed E-state index contributed by atoms with van der Waals surface area (Å²) in [6.07, 6.45) is 0. The highest BCUT2D eigenvalue weighted by atomic mass is 127. The van der Waals surface area contributed by atoms with Gasteiger partial charge in [-0.1, -0.05) is 40.2 Å². The van der Waals surface area contributed by atoms with Gasteiger partial charge in [0.05, 0.1) is 0 Å². The smallest absolute Gasteiger partial charge is 0.0411 e. The van der Waals surface area contributed by atoms with Gasteiger partial charge in [0.15, 0.2) is 0 Å². The predicted molar refractivity (Wildman–Crippen MR) is 85.4 cm³/mol. The van der Waals surface area contributed by atoms with Crippen LogP contribution in [-0.2, 0) is 6.54 Å².